The number of nitrogens with zero attached hydrogens (tertiary/aromatic N) is 2. The highest BCUT2D eigenvalue weighted by Crippen LogP contribution is 2.62. The van der Waals surface area contributed by atoms with E-state index in [4.69, 9.17) is 23.7 Å². The normalized spacial score (nSPS) is 28.6. The summed E-state index contributed by atoms with van der Waals surface area (Å²) >= 11 is 1.39. The van der Waals surface area contributed by atoms with Crippen LogP contribution in [0.5, 0.6) is 28.7 Å². The number of carbonyl (C=O) groups excluding carboxylic acids is 3. The molecule has 0 saturated carbocycles. The van der Waals surface area contributed by atoms with Crippen LogP contribution < -0.4 is 29.6 Å². The Morgan fingerprint density at radius 1 is 1.19 bits per heavy atom. The average molecular weight is 665 g/mol. The van der Waals surface area contributed by atoms with E-state index in [-0.39, 0.29) is 43.3 Å². The number of nitrogens with one attached hydrogen (secondary N) is 2. The number of methoxy groups -OCH3 is 1. The second-order valence-electron chi connectivity index (χ2n) is 12.4. The Morgan fingerprint density at radius 2 is 1.96 bits per heavy atom. The van der Waals surface area contributed by atoms with Gasteiger partial charge < -0.3 is 39.4 Å². The molecule has 8 rings (SSSR count). The molecule has 13 nitrogen and oxygen atoms in total. The van der Waals surface area contributed by atoms with Crippen molar-refractivity contribution in [3.8, 4) is 34.8 Å². The lowest BCUT2D eigenvalue weighted by atomic mass is 9.72. The Bertz CT molecular complexity index is 1740. The van der Waals surface area contributed by atoms with Crippen molar-refractivity contribution in [1.29, 1.82) is 5.26 Å². The van der Waals surface area contributed by atoms with Gasteiger partial charge in [0.05, 0.1) is 30.5 Å². The minimum atomic E-state index is -0.943. The third-order valence-corrected chi connectivity index (χ3v) is 11.2. The van der Waals surface area contributed by atoms with E-state index in [1.807, 2.05) is 13.0 Å². The van der Waals surface area contributed by atoms with Crippen LogP contribution in [0.2, 0.25) is 0 Å². The van der Waals surface area contributed by atoms with Crippen molar-refractivity contribution in [3.63, 3.8) is 0 Å². The SMILES string of the molecule is CCC(=O)NC1CS[C@@H]2c3c(OC(C)=O)c(C)c4c(c3[C@@H](COC1=O)N1C2[C@H]2N[C@@H](Cc3cc(C)c(OC)c(O)c32)[C@@H]1C#N)OCO4. The zero-order valence-corrected chi connectivity index (χ0v) is 27.5. The number of benzene rings is 2. The fourth-order valence-corrected chi connectivity index (χ4v) is 9.48. The van der Waals surface area contributed by atoms with Crippen molar-refractivity contribution in [2.45, 2.75) is 82.0 Å². The molecule has 6 aliphatic heterocycles. The second-order valence-corrected chi connectivity index (χ2v) is 13.6. The number of amides is 1. The van der Waals surface area contributed by atoms with Gasteiger partial charge in [-0.3, -0.25) is 14.5 Å². The number of phenols is 1. The summed E-state index contributed by atoms with van der Waals surface area (Å²) in [6, 6.07) is 0.828. The Balaban J connectivity index is 1.51. The number of hydrogen-bond acceptors (Lipinski definition) is 13. The molecule has 3 N–H and O–H groups in total. The van der Waals surface area contributed by atoms with Crippen LogP contribution in [0.15, 0.2) is 6.07 Å². The lowest BCUT2D eigenvalue weighted by molar-refractivity contribution is -0.150. The van der Waals surface area contributed by atoms with Gasteiger partial charge >= 0.3 is 11.9 Å². The maximum atomic E-state index is 13.5. The zero-order valence-electron chi connectivity index (χ0n) is 26.7. The Labute approximate surface area is 275 Å². The number of phenolic OH excluding ortho intramolecular Hbond substituents is 1. The monoisotopic (exact) mass is 664 g/mol. The second kappa shape index (κ2) is 11.8. The van der Waals surface area contributed by atoms with Crippen LogP contribution in [0, 0.1) is 25.2 Å². The molecule has 0 spiro atoms. The van der Waals surface area contributed by atoms with Crippen LogP contribution in [0.1, 0.15) is 71.0 Å². The van der Waals surface area contributed by atoms with Crippen molar-refractivity contribution in [2.75, 3.05) is 26.3 Å². The molecule has 2 saturated heterocycles. The number of hydrogen-bond donors (Lipinski definition) is 3. The molecule has 0 aromatic heterocycles. The van der Waals surface area contributed by atoms with E-state index >= 15 is 0 Å². The number of piperazine rings is 1. The average Bonchev–Trinajstić information content (AvgIpc) is 3.53. The van der Waals surface area contributed by atoms with Crippen LogP contribution in [0.4, 0.5) is 0 Å². The molecule has 6 heterocycles. The van der Waals surface area contributed by atoms with Gasteiger partial charge in [-0.05, 0) is 31.4 Å². The summed E-state index contributed by atoms with van der Waals surface area (Å²) in [5.41, 5.74) is 4.23. The molecule has 2 unspecified atom stereocenters. The maximum Gasteiger partial charge on any atom is 0.329 e. The molecule has 0 aliphatic carbocycles. The molecule has 7 atom stereocenters. The lowest BCUT2D eigenvalue weighted by Gasteiger charge is -2.59. The van der Waals surface area contributed by atoms with Gasteiger partial charge in [-0.25, -0.2) is 4.79 Å². The van der Waals surface area contributed by atoms with E-state index in [0.29, 0.717) is 51.7 Å². The number of aryl methyl sites for hydroxylation is 1. The minimum Gasteiger partial charge on any atom is -0.504 e. The van der Waals surface area contributed by atoms with E-state index in [1.165, 1.54) is 25.8 Å². The number of nitriles is 1. The molecular formula is C33H36N4O9S. The van der Waals surface area contributed by atoms with Gasteiger partial charge in [-0.2, -0.15) is 5.26 Å². The first kappa shape index (κ1) is 31.4. The molecule has 4 bridgehead atoms. The Hall–Kier alpha value is -4.19. The van der Waals surface area contributed by atoms with E-state index in [2.05, 4.69) is 21.6 Å². The largest absolute Gasteiger partial charge is 0.504 e. The first-order valence-corrected chi connectivity index (χ1v) is 16.7. The van der Waals surface area contributed by atoms with Crippen molar-refractivity contribution in [1.82, 2.24) is 15.5 Å². The van der Waals surface area contributed by atoms with E-state index in [0.717, 1.165) is 11.1 Å². The fraction of sp³-hybridized carbons (Fsp3) is 0.515. The van der Waals surface area contributed by atoms with Crippen LogP contribution in [0.25, 0.3) is 0 Å². The lowest BCUT2D eigenvalue weighted by Crippen LogP contribution is -2.69. The number of carbonyl (C=O) groups is 3. The molecule has 248 valence electrons. The number of thioether (sulfide) groups is 1. The number of ether oxygens (including phenoxy) is 5. The van der Waals surface area contributed by atoms with Crippen molar-refractivity contribution in [3.05, 3.63) is 39.4 Å². The van der Waals surface area contributed by atoms with Gasteiger partial charge in [0.2, 0.25) is 12.7 Å². The summed E-state index contributed by atoms with van der Waals surface area (Å²) in [5, 5.41) is 28.4. The number of esters is 2. The van der Waals surface area contributed by atoms with Crippen LogP contribution >= 0.6 is 11.8 Å². The summed E-state index contributed by atoms with van der Waals surface area (Å²) in [6.45, 7) is 6.47. The zero-order chi connectivity index (χ0) is 33.3. The number of aromatic hydroxyl groups is 1. The summed E-state index contributed by atoms with van der Waals surface area (Å²) in [5.74, 6) is 0.306. The highest BCUT2D eigenvalue weighted by Gasteiger charge is 2.59. The summed E-state index contributed by atoms with van der Waals surface area (Å²) in [6.07, 6.45) is 0.659. The molecule has 2 fully saturated rings. The Morgan fingerprint density at radius 3 is 2.66 bits per heavy atom. The third kappa shape index (κ3) is 4.77. The van der Waals surface area contributed by atoms with Gasteiger partial charge in [-0.15, -0.1) is 11.8 Å². The molecule has 14 heteroatoms. The molecule has 2 aromatic rings. The van der Waals surface area contributed by atoms with E-state index in [9.17, 15) is 24.8 Å². The predicted molar refractivity (Wildman–Crippen MR) is 168 cm³/mol. The first-order valence-electron chi connectivity index (χ1n) is 15.6. The van der Waals surface area contributed by atoms with Gasteiger partial charge in [0, 0.05) is 53.4 Å². The molecular weight excluding hydrogens is 628 g/mol. The molecule has 47 heavy (non-hydrogen) atoms. The highest BCUT2D eigenvalue weighted by molar-refractivity contribution is 7.99. The maximum absolute atomic E-state index is 13.5. The van der Waals surface area contributed by atoms with Gasteiger partial charge in [0.25, 0.3) is 0 Å². The minimum absolute atomic E-state index is 0.0218. The highest BCUT2D eigenvalue weighted by atomic mass is 32.2. The molecule has 1 amide bonds. The molecule has 2 aromatic carbocycles. The quantitative estimate of drug-likeness (QED) is 0.323. The van der Waals surface area contributed by atoms with Crippen LogP contribution in [-0.4, -0.2) is 78.3 Å². The van der Waals surface area contributed by atoms with E-state index < -0.39 is 47.4 Å². The van der Waals surface area contributed by atoms with Gasteiger partial charge in [0.1, 0.15) is 24.4 Å². The predicted octanol–water partition coefficient (Wildman–Crippen LogP) is 2.78. The molecule has 0 radical (unpaired) electrons. The van der Waals surface area contributed by atoms with Crippen molar-refractivity contribution < 1.29 is 43.2 Å². The smallest absolute Gasteiger partial charge is 0.329 e. The standard InChI is InChI=1S/C33H36N4O9S/c1-6-21(39)35-18-11-47-32-24-23(31-30(44-12-45-31)14(3)29(24)46-15(4)38)20(10-43-33(18)41)37-19(9-34)17-8-16-7-13(2)28(42-5)27(40)22(16)25(36-17)26(32)37/h7,17-20,25-26,32,36,40H,6,8,10-12H2,1-5H3,(H,35,39)/t17-,18?,19-,20+,25-,26?,32+/m0/s1. The van der Waals surface area contributed by atoms with E-state index in [1.54, 1.807) is 13.8 Å². The van der Waals surface area contributed by atoms with Gasteiger partial charge in [0.15, 0.2) is 23.0 Å². The van der Waals surface area contributed by atoms with Gasteiger partial charge in [-0.1, -0.05) is 13.0 Å². The third-order valence-electron chi connectivity index (χ3n) is 9.81. The first-order chi connectivity index (χ1) is 22.6. The number of fused-ring (bicyclic) bond motifs is 10. The fourth-order valence-electron chi connectivity index (χ4n) is 7.97. The van der Waals surface area contributed by atoms with Crippen LogP contribution in [-0.2, 0) is 25.5 Å². The summed E-state index contributed by atoms with van der Waals surface area (Å²) in [7, 11) is 1.51. The summed E-state index contributed by atoms with van der Waals surface area (Å²) in [4.78, 5) is 40.7. The molecule has 6 aliphatic rings. The van der Waals surface area contributed by atoms with Crippen molar-refractivity contribution >= 4 is 29.6 Å². The Kier molecular flexibility index (Phi) is 7.89. The van der Waals surface area contributed by atoms with Crippen molar-refractivity contribution in [2.24, 2.45) is 0 Å². The van der Waals surface area contributed by atoms with Crippen LogP contribution in [0.3, 0.4) is 0 Å². The summed E-state index contributed by atoms with van der Waals surface area (Å²) < 4.78 is 29.5. The number of rotatable bonds is 4. The topological polar surface area (TPSA) is 169 Å².